The second-order valence-electron chi connectivity index (χ2n) is 4.40. The molecule has 0 saturated carbocycles. The lowest BCUT2D eigenvalue weighted by Gasteiger charge is -2.14. The molecule has 0 radical (unpaired) electrons. The SMILES string of the molecule is COc1cc(C)c(-n2cnc(C)c2C)c(C)c1. The van der Waals surface area contributed by atoms with Gasteiger partial charge in [0.2, 0.25) is 0 Å². The average molecular weight is 230 g/mol. The molecule has 2 rings (SSSR count). The highest BCUT2D eigenvalue weighted by Crippen LogP contribution is 2.26. The highest BCUT2D eigenvalue weighted by atomic mass is 16.5. The molecule has 0 aliphatic carbocycles. The molecule has 1 aromatic heterocycles. The summed E-state index contributed by atoms with van der Waals surface area (Å²) in [5.41, 5.74) is 5.84. The first-order valence-corrected chi connectivity index (χ1v) is 5.70. The molecule has 0 N–H and O–H groups in total. The van der Waals surface area contributed by atoms with E-state index in [1.807, 2.05) is 13.3 Å². The summed E-state index contributed by atoms with van der Waals surface area (Å²) in [6.45, 7) is 8.31. The number of aryl methyl sites for hydroxylation is 3. The van der Waals surface area contributed by atoms with E-state index in [2.05, 4.69) is 42.5 Å². The van der Waals surface area contributed by atoms with Crippen LogP contribution in [0.4, 0.5) is 0 Å². The van der Waals surface area contributed by atoms with Crippen LogP contribution in [-0.2, 0) is 0 Å². The van der Waals surface area contributed by atoms with Crippen LogP contribution >= 0.6 is 0 Å². The molecule has 0 fully saturated rings. The van der Waals surface area contributed by atoms with Crippen molar-refractivity contribution in [2.75, 3.05) is 7.11 Å². The maximum atomic E-state index is 5.28. The number of benzene rings is 1. The summed E-state index contributed by atoms with van der Waals surface area (Å²) in [6, 6.07) is 4.11. The first kappa shape index (κ1) is 11.7. The van der Waals surface area contributed by atoms with Gasteiger partial charge in [0.05, 0.1) is 24.8 Å². The van der Waals surface area contributed by atoms with E-state index in [1.54, 1.807) is 7.11 Å². The minimum Gasteiger partial charge on any atom is -0.497 e. The van der Waals surface area contributed by atoms with E-state index in [-0.39, 0.29) is 0 Å². The first-order chi connectivity index (χ1) is 8.04. The van der Waals surface area contributed by atoms with Crippen molar-refractivity contribution in [3.63, 3.8) is 0 Å². The summed E-state index contributed by atoms with van der Waals surface area (Å²) in [7, 11) is 1.69. The molecule has 0 aliphatic rings. The number of nitrogens with zero attached hydrogens (tertiary/aromatic N) is 2. The maximum Gasteiger partial charge on any atom is 0.119 e. The van der Waals surface area contributed by atoms with Crippen LogP contribution < -0.4 is 4.74 Å². The monoisotopic (exact) mass is 230 g/mol. The van der Waals surface area contributed by atoms with Gasteiger partial charge in [-0.2, -0.15) is 0 Å². The highest BCUT2D eigenvalue weighted by molar-refractivity contribution is 5.52. The number of rotatable bonds is 2. The van der Waals surface area contributed by atoms with E-state index in [1.165, 1.54) is 22.5 Å². The standard InChI is InChI=1S/C14H18N2O/c1-9-6-13(17-5)7-10(2)14(9)16-8-15-11(3)12(16)4/h6-8H,1-5H3. The van der Waals surface area contributed by atoms with Crippen LogP contribution in [0.3, 0.4) is 0 Å². The first-order valence-electron chi connectivity index (χ1n) is 5.70. The Bertz CT molecular complexity index is 532. The van der Waals surface area contributed by atoms with Crippen LogP contribution in [0.1, 0.15) is 22.5 Å². The molecule has 0 aliphatic heterocycles. The smallest absolute Gasteiger partial charge is 0.119 e. The van der Waals surface area contributed by atoms with Crippen LogP contribution in [0.15, 0.2) is 18.5 Å². The fourth-order valence-electron chi connectivity index (χ4n) is 2.14. The largest absolute Gasteiger partial charge is 0.497 e. The molecule has 0 bridgehead atoms. The van der Waals surface area contributed by atoms with E-state index < -0.39 is 0 Å². The molecule has 0 spiro atoms. The summed E-state index contributed by atoms with van der Waals surface area (Å²) in [6.07, 6.45) is 1.88. The highest BCUT2D eigenvalue weighted by Gasteiger charge is 2.11. The van der Waals surface area contributed by atoms with E-state index in [0.717, 1.165) is 11.4 Å². The second-order valence-corrected chi connectivity index (χ2v) is 4.40. The van der Waals surface area contributed by atoms with Gasteiger partial charge in [-0.15, -0.1) is 0 Å². The zero-order valence-corrected chi connectivity index (χ0v) is 11.0. The third-order valence-corrected chi connectivity index (χ3v) is 3.19. The van der Waals surface area contributed by atoms with Gasteiger partial charge in [0.1, 0.15) is 5.75 Å². The van der Waals surface area contributed by atoms with E-state index in [0.29, 0.717) is 0 Å². The fourth-order valence-corrected chi connectivity index (χ4v) is 2.14. The van der Waals surface area contributed by atoms with E-state index in [9.17, 15) is 0 Å². The van der Waals surface area contributed by atoms with Crippen molar-refractivity contribution in [1.29, 1.82) is 0 Å². The van der Waals surface area contributed by atoms with Gasteiger partial charge >= 0.3 is 0 Å². The number of imidazole rings is 1. The van der Waals surface area contributed by atoms with Gasteiger partial charge in [-0.25, -0.2) is 4.98 Å². The van der Waals surface area contributed by atoms with Crippen molar-refractivity contribution in [2.24, 2.45) is 0 Å². The minimum atomic E-state index is 0.901. The molecule has 17 heavy (non-hydrogen) atoms. The van der Waals surface area contributed by atoms with Crippen molar-refractivity contribution in [3.8, 4) is 11.4 Å². The number of aromatic nitrogens is 2. The topological polar surface area (TPSA) is 27.1 Å². The quantitative estimate of drug-likeness (QED) is 0.792. The van der Waals surface area contributed by atoms with Gasteiger partial charge in [0.25, 0.3) is 0 Å². The lowest BCUT2D eigenvalue weighted by molar-refractivity contribution is 0.414. The van der Waals surface area contributed by atoms with Crippen molar-refractivity contribution < 1.29 is 4.74 Å². The number of hydrogen-bond acceptors (Lipinski definition) is 2. The Hall–Kier alpha value is -1.77. The zero-order chi connectivity index (χ0) is 12.6. The molecule has 1 heterocycles. The van der Waals surface area contributed by atoms with Crippen molar-refractivity contribution in [1.82, 2.24) is 9.55 Å². The normalized spacial score (nSPS) is 10.6. The molecule has 0 unspecified atom stereocenters. The molecular weight excluding hydrogens is 212 g/mol. The van der Waals surface area contributed by atoms with Crippen molar-refractivity contribution in [2.45, 2.75) is 27.7 Å². The molecule has 90 valence electrons. The van der Waals surface area contributed by atoms with Gasteiger partial charge in [-0.05, 0) is 51.0 Å². The third kappa shape index (κ3) is 1.93. The van der Waals surface area contributed by atoms with Gasteiger partial charge in [-0.1, -0.05) is 0 Å². The molecule has 0 atom stereocenters. The summed E-state index contributed by atoms with van der Waals surface area (Å²) in [5.74, 6) is 0.901. The maximum absolute atomic E-state index is 5.28. The average Bonchev–Trinajstić information content (AvgIpc) is 2.60. The van der Waals surface area contributed by atoms with Crippen LogP contribution in [0.25, 0.3) is 5.69 Å². The zero-order valence-electron chi connectivity index (χ0n) is 11.0. The molecular formula is C14H18N2O. The van der Waals surface area contributed by atoms with Crippen LogP contribution in [-0.4, -0.2) is 16.7 Å². The molecule has 0 saturated heterocycles. The molecule has 3 nitrogen and oxygen atoms in total. The van der Waals surface area contributed by atoms with Gasteiger partial charge in [0.15, 0.2) is 0 Å². The van der Waals surface area contributed by atoms with E-state index in [4.69, 9.17) is 4.74 Å². The Morgan fingerprint density at radius 2 is 1.65 bits per heavy atom. The lowest BCUT2D eigenvalue weighted by Crippen LogP contribution is -2.02. The predicted octanol–water partition coefficient (Wildman–Crippen LogP) is 3.11. The Morgan fingerprint density at radius 3 is 2.06 bits per heavy atom. The molecule has 0 amide bonds. The second kappa shape index (κ2) is 4.24. The minimum absolute atomic E-state index is 0.901. The Labute approximate surface area is 102 Å². The van der Waals surface area contributed by atoms with Crippen molar-refractivity contribution >= 4 is 0 Å². The Balaban J connectivity index is 2.64. The van der Waals surface area contributed by atoms with Crippen molar-refractivity contribution in [3.05, 3.63) is 41.0 Å². The molecule has 2 aromatic rings. The number of hydrogen-bond donors (Lipinski definition) is 0. The van der Waals surface area contributed by atoms with Gasteiger partial charge in [0, 0.05) is 5.69 Å². The predicted molar refractivity (Wildman–Crippen MR) is 69.1 cm³/mol. The van der Waals surface area contributed by atoms with Crippen LogP contribution in [0, 0.1) is 27.7 Å². The molecule has 3 heteroatoms. The Morgan fingerprint density at radius 1 is 1.06 bits per heavy atom. The number of methoxy groups -OCH3 is 1. The number of ether oxygens (including phenoxy) is 1. The summed E-state index contributed by atoms with van der Waals surface area (Å²) < 4.78 is 7.42. The van der Waals surface area contributed by atoms with E-state index >= 15 is 0 Å². The van der Waals surface area contributed by atoms with Gasteiger partial charge < -0.3 is 9.30 Å². The lowest BCUT2D eigenvalue weighted by atomic mass is 10.1. The van der Waals surface area contributed by atoms with Crippen LogP contribution in [0.2, 0.25) is 0 Å². The fraction of sp³-hybridized carbons (Fsp3) is 0.357. The van der Waals surface area contributed by atoms with Crippen LogP contribution in [0.5, 0.6) is 5.75 Å². The summed E-state index contributed by atoms with van der Waals surface area (Å²) in [5, 5.41) is 0. The molecule has 1 aromatic carbocycles. The van der Waals surface area contributed by atoms with Gasteiger partial charge in [-0.3, -0.25) is 0 Å². The summed E-state index contributed by atoms with van der Waals surface area (Å²) >= 11 is 0. The summed E-state index contributed by atoms with van der Waals surface area (Å²) in [4.78, 5) is 4.35. The third-order valence-electron chi connectivity index (χ3n) is 3.19. The Kier molecular flexibility index (Phi) is 2.92.